The highest BCUT2D eigenvalue weighted by atomic mass is 16.5. The molecule has 7 heteroatoms. The highest BCUT2D eigenvalue weighted by Crippen LogP contribution is 2.07. The smallest absolute Gasteiger partial charge is 0.288 e. The number of nitrogens with one attached hydrogen (secondary N) is 2. The summed E-state index contributed by atoms with van der Waals surface area (Å²) in [5, 5.41) is 18.2. The highest BCUT2D eigenvalue weighted by molar-refractivity contribution is 5.90. The maximum absolute atomic E-state index is 11.5. The van der Waals surface area contributed by atoms with E-state index in [1.807, 2.05) is 0 Å². The third kappa shape index (κ3) is 2.31. The van der Waals surface area contributed by atoms with Gasteiger partial charge in [0.1, 0.15) is 6.33 Å². The van der Waals surface area contributed by atoms with E-state index in [2.05, 4.69) is 20.5 Å². The summed E-state index contributed by atoms with van der Waals surface area (Å²) < 4.78 is 5.15. The van der Waals surface area contributed by atoms with Gasteiger partial charge in [0.15, 0.2) is 0 Å². The van der Waals surface area contributed by atoms with Gasteiger partial charge in [-0.1, -0.05) is 0 Å². The lowest BCUT2D eigenvalue weighted by molar-refractivity contribution is -0.0141. The van der Waals surface area contributed by atoms with Crippen molar-refractivity contribution in [1.29, 1.82) is 0 Å². The van der Waals surface area contributed by atoms with Gasteiger partial charge in [0.05, 0.1) is 18.8 Å². The van der Waals surface area contributed by atoms with Crippen molar-refractivity contribution in [3.63, 3.8) is 0 Å². The molecule has 1 amide bonds. The number of hydrogen-bond donors (Lipinski definition) is 3. The van der Waals surface area contributed by atoms with E-state index in [1.165, 1.54) is 6.33 Å². The number of ether oxygens (including phenoxy) is 1. The molecule has 1 aliphatic rings. The van der Waals surface area contributed by atoms with E-state index >= 15 is 0 Å². The number of carbonyl (C=O) groups is 1. The number of nitrogens with zero attached hydrogens (tertiary/aromatic N) is 2. The van der Waals surface area contributed by atoms with Gasteiger partial charge in [0.2, 0.25) is 5.82 Å². The Bertz CT molecular complexity index is 327. The van der Waals surface area contributed by atoms with Crippen LogP contribution in [0.5, 0.6) is 0 Å². The number of hydrogen-bond acceptors (Lipinski definition) is 5. The minimum Gasteiger partial charge on any atom is -0.391 e. The van der Waals surface area contributed by atoms with E-state index in [9.17, 15) is 9.90 Å². The van der Waals surface area contributed by atoms with Crippen LogP contribution < -0.4 is 5.32 Å². The maximum Gasteiger partial charge on any atom is 0.288 e. The Hall–Kier alpha value is -1.47. The van der Waals surface area contributed by atoms with Crippen molar-refractivity contribution >= 4 is 5.91 Å². The Balaban J connectivity index is 1.93. The first-order valence-electron chi connectivity index (χ1n) is 4.69. The van der Waals surface area contributed by atoms with Crippen molar-refractivity contribution in [2.45, 2.75) is 18.6 Å². The van der Waals surface area contributed by atoms with Gasteiger partial charge in [-0.25, -0.2) is 4.98 Å². The van der Waals surface area contributed by atoms with E-state index in [0.29, 0.717) is 19.6 Å². The molecule has 1 fully saturated rings. The second-order valence-corrected chi connectivity index (χ2v) is 3.34. The fraction of sp³-hybridized carbons (Fsp3) is 0.625. The van der Waals surface area contributed by atoms with Crippen molar-refractivity contribution in [2.24, 2.45) is 0 Å². The largest absolute Gasteiger partial charge is 0.391 e. The van der Waals surface area contributed by atoms with Crippen LogP contribution in [0.2, 0.25) is 0 Å². The first kappa shape index (κ1) is 10.1. The summed E-state index contributed by atoms with van der Waals surface area (Å²) in [6, 6.07) is -0.378. The number of aromatic amines is 1. The van der Waals surface area contributed by atoms with Gasteiger partial charge in [-0.15, -0.1) is 0 Å². The maximum atomic E-state index is 11.5. The zero-order valence-corrected chi connectivity index (χ0v) is 8.01. The van der Waals surface area contributed by atoms with Crippen molar-refractivity contribution in [2.75, 3.05) is 13.2 Å². The second kappa shape index (κ2) is 4.37. The molecule has 0 aromatic carbocycles. The molecule has 7 nitrogen and oxygen atoms in total. The predicted octanol–water partition coefficient (Wildman–Crippen LogP) is -1.32. The van der Waals surface area contributed by atoms with Gasteiger partial charge in [-0.2, -0.15) is 5.10 Å². The molecule has 0 aliphatic carbocycles. The van der Waals surface area contributed by atoms with Crippen LogP contribution in [0.25, 0.3) is 0 Å². The fourth-order valence-corrected chi connectivity index (χ4v) is 1.42. The summed E-state index contributed by atoms with van der Waals surface area (Å²) in [5.41, 5.74) is 0. The van der Waals surface area contributed by atoms with Crippen LogP contribution in [0.4, 0.5) is 0 Å². The first-order valence-corrected chi connectivity index (χ1v) is 4.69. The number of aliphatic hydroxyl groups excluding tert-OH is 1. The molecule has 0 radical (unpaired) electrons. The number of rotatable bonds is 2. The quantitative estimate of drug-likeness (QED) is 0.564. The molecule has 82 valence electrons. The molecule has 0 unspecified atom stereocenters. The summed E-state index contributed by atoms with van der Waals surface area (Å²) >= 11 is 0. The number of amides is 1. The lowest BCUT2D eigenvalue weighted by Crippen LogP contribution is -2.49. The molecule has 2 atom stereocenters. The lowest BCUT2D eigenvalue weighted by Gasteiger charge is -2.27. The topological polar surface area (TPSA) is 100 Å². The molecule has 1 aromatic heterocycles. The number of H-pyrrole nitrogens is 1. The average molecular weight is 212 g/mol. The van der Waals surface area contributed by atoms with E-state index in [1.54, 1.807) is 0 Å². The molecular formula is C8H12N4O3. The molecule has 15 heavy (non-hydrogen) atoms. The van der Waals surface area contributed by atoms with Gasteiger partial charge >= 0.3 is 0 Å². The molecular weight excluding hydrogens is 200 g/mol. The molecule has 0 saturated carbocycles. The zero-order valence-electron chi connectivity index (χ0n) is 8.01. The zero-order chi connectivity index (χ0) is 10.7. The van der Waals surface area contributed by atoms with Crippen LogP contribution >= 0.6 is 0 Å². The van der Waals surface area contributed by atoms with Crippen LogP contribution in [0.1, 0.15) is 17.0 Å². The molecule has 0 bridgehead atoms. The molecule has 1 saturated heterocycles. The lowest BCUT2D eigenvalue weighted by atomic mass is 10.1. The highest BCUT2D eigenvalue weighted by Gasteiger charge is 2.26. The SMILES string of the molecule is O=C(N[C@@H]1COCC[C@H]1O)c1ncn[nH]1. The van der Waals surface area contributed by atoms with Crippen LogP contribution in [0.15, 0.2) is 6.33 Å². The molecule has 1 aromatic rings. The van der Waals surface area contributed by atoms with Gasteiger partial charge in [-0.3, -0.25) is 9.89 Å². The third-order valence-electron chi connectivity index (χ3n) is 2.27. The Morgan fingerprint density at radius 2 is 2.60 bits per heavy atom. The van der Waals surface area contributed by atoms with Crippen molar-refractivity contribution in [3.8, 4) is 0 Å². The summed E-state index contributed by atoms with van der Waals surface area (Å²) in [5.74, 6) is -0.255. The molecule has 2 heterocycles. The van der Waals surface area contributed by atoms with Gasteiger partial charge in [-0.05, 0) is 6.42 Å². The Morgan fingerprint density at radius 3 is 3.27 bits per heavy atom. The predicted molar refractivity (Wildman–Crippen MR) is 49.1 cm³/mol. The molecule has 2 rings (SSSR count). The normalized spacial score (nSPS) is 26.2. The fourth-order valence-electron chi connectivity index (χ4n) is 1.42. The van der Waals surface area contributed by atoms with E-state index in [-0.39, 0.29) is 17.8 Å². The minimum atomic E-state index is -0.564. The van der Waals surface area contributed by atoms with Crippen LogP contribution in [0.3, 0.4) is 0 Å². The van der Waals surface area contributed by atoms with Crippen LogP contribution in [-0.2, 0) is 4.74 Å². The number of aliphatic hydroxyl groups is 1. The van der Waals surface area contributed by atoms with Gasteiger partial charge < -0.3 is 15.2 Å². The van der Waals surface area contributed by atoms with E-state index in [0.717, 1.165) is 0 Å². The average Bonchev–Trinajstić information content (AvgIpc) is 2.74. The summed E-state index contributed by atoms with van der Waals surface area (Å²) in [4.78, 5) is 15.2. The molecule has 1 aliphatic heterocycles. The number of aromatic nitrogens is 3. The van der Waals surface area contributed by atoms with Crippen molar-refractivity contribution in [1.82, 2.24) is 20.5 Å². The van der Waals surface area contributed by atoms with Gasteiger partial charge in [0, 0.05) is 6.61 Å². The van der Waals surface area contributed by atoms with Crippen LogP contribution in [0, 0.1) is 0 Å². The summed E-state index contributed by atoms with van der Waals surface area (Å²) in [6.45, 7) is 0.844. The Labute approximate surface area is 85.9 Å². The summed E-state index contributed by atoms with van der Waals surface area (Å²) in [7, 11) is 0. The molecule has 0 spiro atoms. The summed E-state index contributed by atoms with van der Waals surface area (Å²) in [6.07, 6.45) is 1.22. The second-order valence-electron chi connectivity index (χ2n) is 3.34. The van der Waals surface area contributed by atoms with Crippen LogP contribution in [-0.4, -0.2) is 51.6 Å². The Kier molecular flexibility index (Phi) is 2.93. The van der Waals surface area contributed by atoms with E-state index in [4.69, 9.17) is 4.74 Å². The van der Waals surface area contributed by atoms with Crippen molar-refractivity contribution in [3.05, 3.63) is 12.2 Å². The number of carbonyl (C=O) groups excluding carboxylic acids is 1. The first-order chi connectivity index (χ1) is 7.27. The third-order valence-corrected chi connectivity index (χ3v) is 2.27. The molecule has 3 N–H and O–H groups in total. The van der Waals surface area contributed by atoms with E-state index < -0.39 is 6.10 Å². The Morgan fingerprint density at radius 1 is 1.73 bits per heavy atom. The monoisotopic (exact) mass is 212 g/mol. The standard InChI is InChI=1S/C8H12N4O3/c13-6-1-2-15-3-5(6)11-8(14)7-9-4-10-12-7/h4-6,13H,1-3H2,(H,11,14)(H,9,10,12)/t5-,6-/m1/s1. The minimum absolute atomic E-state index is 0.132. The van der Waals surface area contributed by atoms with Crippen molar-refractivity contribution < 1.29 is 14.6 Å². The van der Waals surface area contributed by atoms with Gasteiger partial charge in [0.25, 0.3) is 5.91 Å².